The SMILES string of the molecule is CN(C(CO)c1ccccc1)S(=O)(=O)c1cccc2cnccc12. The number of aromatic nitrogens is 1. The summed E-state index contributed by atoms with van der Waals surface area (Å²) in [6, 6.07) is 15.2. The van der Waals surface area contributed by atoms with Crippen LogP contribution in [-0.4, -0.2) is 36.5 Å². The van der Waals surface area contributed by atoms with Crippen LogP contribution in [0.5, 0.6) is 0 Å². The Kier molecular flexibility index (Phi) is 4.62. The van der Waals surface area contributed by atoms with Crippen LogP contribution in [0.25, 0.3) is 10.8 Å². The number of aliphatic hydroxyl groups is 1. The molecule has 1 N–H and O–H groups in total. The van der Waals surface area contributed by atoms with Gasteiger partial charge in [0.15, 0.2) is 0 Å². The number of hydrogen-bond acceptors (Lipinski definition) is 4. The molecule has 0 fully saturated rings. The average Bonchev–Trinajstić information content (AvgIpc) is 2.62. The van der Waals surface area contributed by atoms with E-state index < -0.39 is 16.1 Å². The van der Waals surface area contributed by atoms with Crippen LogP contribution in [-0.2, 0) is 10.0 Å². The van der Waals surface area contributed by atoms with Crippen molar-refractivity contribution in [2.24, 2.45) is 0 Å². The Bertz CT molecular complexity index is 937. The molecule has 0 aliphatic rings. The van der Waals surface area contributed by atoms with E-state index in [1.807, 2.05) is 24.3 Å². The second kappa shape index (κ2) is 6.68. The fourth-order valence-electron chi connectivity index (χ4n) is 2.75. The van der Waals surface area contributed by atoms with E-state index in [9.17, 15) is 13.5 Å². The van der Waals surface area contributed by atoms with Crippen molar-refractivity contribution in [3.63, 3.8) is 0 Å². The molecule has 2 aromatic carbocycles. The largest absolute Gasteiger partial charge is 0.394 e. The molecule has 0 radical (unpaired) electrons. The molecule has 1 aromatic heterocycles. The molecular formula is C18H18N2O3S. The Morgan fingerprint density at radius 3 is 2.54 bits per heavy atom. The first-order valence-electron chi connectivity index (χ1n) is 7.52. The molecule has 0 aliphatic heterocycles. The number of rotatable bonds is 5. The molecule has 0 saturated heterocycles. The molecule has 3 aromatic rings. The van der Waals surface area contributed by atoms with Gasteiger partial charge in [0.1, 0.15) is 0 Å². The number of fused-ring (bicyclic) bond motifs is 1. The molecule has 0 amide bonds. The predicted octanol–water partition coefficient (Wildman–Crippen LogP) is 2.59. The second-order valence-electron chi connectivity index (χ2n) is 5.48. The van der Waals surface area contributed by atoms with Gasteiger partial charge in [0.2, 0.25) is 10.0 Å². The zero-order valence-corrected chi connectivity index (χ0v) is 14.0. The number of aliphatic hydroxyl groups excluding tert-OH is 1. The van der Waals surface area contributed by atoms with E-state index >= 15 is 0 Å². The Balaban J connectivity index is 2.09. The van der Waals surface area contributed by atoms with E-state index in [2.05, 4.69) is 4.98 Å². The van der Waals surface area contributed by atoms with E-state index in [1.54, 1.807) is 42.7 Å². The van der Waals surface area contributed by atoms with Crippen molar-refractivity contribution in [1.82, 2.24) is 9.29 Å². The monoisotopic (exact) mass is 342 g/mol. The first-order valence-corrected chi connectivity index (χ1v) is 8.96. The van der Waals surface area contributed by atoms with E-state index in [0.717, 1.165) is 10.9 Å². The summed E-state index contributed by atoms with van der Waals surface area (Å²) in [6.07, 6.45) is 3.21. The summed E-state index contributed by atoms with van der Waals surface area (Å²) in [5.41, 5.74) is 0.743. The van der Waals surface area contributed by atoms with Crippen molar-refractivity contribution in [2.75, 3.05) is 13.7 Å². The van der Waals surface area contributed by atoms with E-state index in [-0.39, 0.29) is 11.5 Å². The number of pyridine rings is 1. The van der Waals surface area contributed by atoms with E-state index in [4.69, 9.17) is 0 Å². The average molecular weight is 342 g/mol. The summed E-state index contributed by atoms with van der Waals surface area (Å²) < 4.78 is 27.4. The third kappa shape index (κ3) is 2.91. The van der Waals surface area contributed by atoms with Crippen molar-refractivity contribution in [3.05, 3.63) is 72.6 Å². The zero-order valence-electron chi connectivity index (χ0n) is 13.2. The normalized spacial score (nSPS) is 13.3. The summed E-state index contributed by atoms with van der Waals surface area (Å²) in [6.45, 7) is -0.300. The number of benzene rings is 2. The maximum Gasteiger partial charge on any atom is 0.244 e. The Labute approximate surface area is 141 Å². The molecule has 1 unspecified atom stereocenters. The van der Waals surface area contributed by atoms with Gasteiger partial charge in [-0.3, -0.25) is 4.98 Å². The third-order valence-corrected chi connectivity index (χ3v) is 6.02. The number of sulfonamides is 1. The van der Waals surface area contributed by atoms with Gasteiger partial charge in [0, 0.05) is 30.2 Å². The standard InChI is InChI=1S/C18H18N2O3S/c1-20(17(13-21)14-6-3-2-4-7-14)24(22,23)18-9-5-8-15-12-19-11-10-16(15)18/h2-12,17,21H,13H2,1H3. The van der Waals surface area contributed by atoms with Crippen LogP contribution in [0, 0.1) is 0 Å². The Morgan fingerprint density at radius 2 is 1.83 bits per heavy atom. The first kappa shape index (κ1) is 16.6. The molecule has 0 spiro atoms. The van der Waals surface area contributed by atoms with Gasteiger partial charge in [-0.05, 0) is 17.7 Å². The molecule has 0 aliphatic carbocycles. The molecule has 1 atom stereocenters. The van der Waals surface area contributed by atoms with Crippen LogP contribution >= 0.6 is 0 Å². The van der Waals surface area contributed by atoms with Crippen LogP contribution in [0.1, 0.15) is 11.6 Å². The van der Waals surface area contributed by atoms with Gasteiger partial charge in [-0.1, -0.05) is 42.5 Å². The fourth-order valence-corrected chi connectivity index (χ4v) is 4.29. The fraction of sp³-hybridized carbons (Fsp3) is 0.167. The molecule has 24 heavy (non-hydrogen) atoms. The highest BCUT2D eigenvalue weighted by molar-refractivity contribution is 7.89. The summed E-state index contributed by atoms with van der Waals surface area (Å²) in [5.74, 6) is 0. The first-order chi connectivity index (χ1) is 11.6. The lowest BCUT2D eigenvalue weighted by Gasteiger charge is -2.26. The van der Waals surface area contributed by atoms with Crippen molar-refractivity contribution in [3.8, 4) is 0 Å². The van der Waals surface area contributed by atoms with Crippen molar-refractivity contribution >= 4 is 20.8 Å². The third-order valence-electron chi connectivity index (χ3n) is 4.09. The van der Waals surface area contributed by atoms with Gasteiger partial charge in [0.05, 0.1) is 17.5 Å². The summed E-state index contributed by atoms with van der Waals surface area (Å²) in [7, 11) is -2.29. The molecule has 1 heterocycles. The van der Waals surface area contributed by atoms with Crippen molar-refractivity contribution in [2.45, 2.75) is 10.9 Å². The van der Waals surface area contributed by atoms with Crippen molar-refractivity contribution < 1.29 is 13.5 Å². The minimum Gasteiger partial charge on any atom is -0.394 e. The van der Waals surface area contributed by atoms with Gasteiger partial charge in [0.25, 0.3) is 0 Å². The van der Waals surface area contributed by atoms with Gasteiger partial charge < -0.3 is 5.11 Å². The van der Waals surface area contributed by atoms with Gasteiger partial charge >= 0.3 is 0 Å². The topological polar surface area (TPSA) is 70.5 Å². The lowest BCUT2D eigenvalue weighted by atomic mass is 10.1. The van der Waals surface area contributed by atoms with Crippen LogP contribution in [0.3, 0.4) is 0 Å². The van der Waals surface area contributed by atoms with Gasteiger partial charge in [-0.15, -0.1) is 0 Å². The molecule has 3 rings (SSSR count). The molecule has 6 heteroatoms. The number of hydrogen-bond donors (Lipinski definition) is 1. The highest BCUT2D eigenvalue weighted by Gasteiger charge is 2.29. The van der Waals surface area contributed by atoms with Gasteiger partial charge in [-0.2, -0.15) is 4.31 Å². The Morgan fingerprint density at radius 1 is 1.08 bits per heavy atom. The smallest absolute Gasteiger partial charge is 0.244 e. The molecule has 124 valence electrons. The lowest BCUT2D eigenvalue weighted by Crippen LogP contribution is -2.33. The van der Waals surface area contributed by atoms with E-state index in [0.29, 0.717) is 5.39 Å². The molecule has 0 bridgehead atoms. The molecule has 0 saturated carbocycles. The van der Waals surface area contributed by atoms with Crippen LogP contribution < -0.4 is 0 Å². The van der Waals surface area contributed by atoms with Crippen molar-refractivity contribution in [1.29, 1.82) is 0 Å². The maximum atomic E-state index is 13.1. The Hall–Kier alpha value is -2.28. The zero-order chi connectivity index (χ0) is 17.2. The second-order valence-corrected chi connectivity index (χ2v) is 7.45. The number of likely N-dealkylation sites (N-methyl/N-ethyl adjacent to an activating group) is 1. The maximum absolute atomic E-state index is 13.1. The van der Waals surface area contributed by atoms with E-state index in [1.165, 1.54) is 11.4 Å². The van der Waals surface area contributed by atoms with Gasteiger partial charge in [-0.25, -0.2) is 8.42 Å². The molecule has 5 nitrogen and oxygen atoms in total. The highest BCUT2D eigenvalue weighted by Crippen LogP contribution is 2.29. The lowest BCUT2D eigenvalue weighted by molar-refractivity contribution is 0.204. The highest BCUT2D eigenvalue weighted by atomic mass is 32.2. The molecular weight excluding hydrogens is 324 g/mol. The summed E-state index contributed by atoms with van der Waals surface area (Å²) in [4.78, 5) is 4.24. The minimum atomic E-state index is -3.78. The summed E-state index contributed by atoms with van der Waals surface area (Å²) >= 11 is 0. The van der Waals surface area contributed by atoms with Crippen LogP contribution in [0.2, 0.25) is 0 Å². The quantitative estimate of drug-likeness (QED) is 0.774. The van der Waals surface area contributed by atoms with Crippen LogP contribution in [0.4, 0.5) is 0 Å². The number of nitrogens with zero attached hydrogens (tertiary/aromatic N) is 2. The minimum absolute atomic E-state index is 0.208. The van der Waals surface area contributed by atoms with Crippen LogP contribution in [0.15, 0.2) is 71.9 Å². The predicted molar refractivity (Wildman–Crippen MR) is 93.0 cm³/mol. The summed E-state index contributed by atoms with van der Waals surface area (Å²) in [5, 5.41) is 11.1.